The van der Waals surface area contributed by atoms with Crippen molar-refractivity contribution in [2.45, 2.75) is 113 Å². The van der Waals surface area contributed by atoms with Gasteiger partial charge in [0.25, 0.3) is 0 Å². The minimum atomic E-state index is -1.08. The van der Waals surface area contributed by atoms with Crippen LogP contribution in [-0.4, -0.2) is 82.2 Å². The number of nitrogens with two attached hydrogens (primary N) is 2. The minimum Gasteiger partial charge on any atom is -0.478 e. The van der Waals surface area contributed by atoms with Crippen molar-refractivity contribution in [1.29, 1.82) is 0 Å². The van der Waals surface area contributed by atoms with Crippen molar-refractivity contribution in [1.82, 2.24) is 10.3 Å². The fraction of sp³-hybridized carbons (Fsp3) is 0.535. The molecule has 1 saturated carbocycles. The van der Waals surface area contributed by atoms with Gasteiger partial charge in [0.15, 0.2) is 5.96 Å². The van der Waals surface area contributed by atoms with Crippen LogP contribution in [0.25, 0.3) is 16.1 Å². The lowest BCUT2D eigenvalue weighted by molar-refractivity contribution is -0.131. The van der Waals surface area contributed by atoms with Crippen molar-refractivity contribution in [3.63, 3.8) is 0 Å². The number of benzene rings is 2. The van der Waals surface area contributed by atoms with Gasteiger partial charge < -0.3 is 52.0 Å². The standard InChI is InChI=1S/C43H57N6O6/c44-31(12-9-27(24-52)4-3-16-50)5-1-6-33-36-20-29(35-19-28-10-8-26(14-17-51)18-30(28)21-37(33)35)11-13-34(36)42(49-40-7-2-15-46-40)38(23-41(54)55)39-22-32(25-53)47-43(45)48-39/h2,7-8,10,15,17-19,21,23-24,27,29,31-34,36,39,42,46,50,53H,1,3-6,9,11-14,16,20,22,25,44H2,(H,54,55)(H3,45,47,48)/q-1. The number of carboxylic acid groups (broad SMARTS) is 1. The van der Waals surface area contributed by atoms with Gasteiger partial charge in [0.2, 0.25) is 0 Å². The van der Waals surface area contributed by atoms with Crippen LogP contribution in [0.1, 0.15) is 99.2 Å². The lowest BCUT2D eigenvalue weighted by Gasteiger charge is -2.51. The number of carbonyl (C=O) groups excluding carboxylic acids is 2. The van der Waals surface area contributed by atoms with Crippen LogP contribution >= 0.6 is 0 Å². The Balaban J connectivity index is 1.36. The van der Waals surface area contributed by atoms with Gasteiger partial charge in [-0.1, -0.05) is 60.9 Å². The summed E-state index contributed by atoms with van der Waals surface area (Å²) in [5, 5.41) is 40.1. The Morgan fingerprint density at radius 2 is 1.84 bits per heavy atom. The maximum absolute atomic E-state index is 12.6. The maximum atomic E-state index is 12.6. The fourth-order valence-electron chi connectivity index (χ4n) is 9.67. The molecule has 2 aromatic carbocycles. The molecular formula is C43H57N6O6-. The highest BCUT2D eigenvalue weighted by molar-refractivity contribution is 5.86. The Kier molecular flexibility index (Phi) is 13.8. The number of aliphatic carboxylic acids is 1. The average Bonchev–Trinajstić information content (AvgIpc) is 3.70. The molecule has 296 valence electrons. The zero-order valence-electron chi connectivity index (χ0n) is 31.6. The zero-order valence-corrected chi connectivity index (χ0v) is 31.6. The summed E-state index contributed by atoms with van der Waals surface area (Å²) in [4.78, 5) is 43.5. The lowest BCUT2D eigenvalue weighted by Crippen LogP contribution is -2.50. The Hall–Kier alpha value is -4.52. The summed E-state index contributed by atoms with van der Waals surface area (Å²) in [7, 11) is 0. The van der Waals surface area contributed by atoms with Crippen LogP contribution in [0.2, 0.25) is 0 Å². The molecule has 9 atom stereocenters. The van der Waals surface area contributed by atoms with E-state index in [1.807, 2.05) is 24.4 Å². The molecule has 0 radical (unpaired) electrons. The van der Waals surface area contributed by atoms with Gasteiger partial charge in [0.05, 0.1) is 18.7 Å². The molecule has 9 unspecified atom stereocenters. The summed E-state index contributed by atoms with van der Waals surface area (Å²) in [6.07, 6.45) is 13.8. The van der Waals surface area contributed by atoms with Crippen molar-refractivity contribution < 1.29 is 29.7 Å². The van der Waals surface area contributed by atoms with Gasteiger partial charge in [-0.15, -0.1) is 0 Å². The maximum Gasteiger partial charge on any atom is 0.328 e. The summed E-state index contributed by atoms with van der Waals surface area (Å²) in [6.45, 7) is -0.0911. The molecular weight excluding hydrogens is 697 g/mol. The van der Waals surface area contributed by atoms with E-state index < -0.39 is 18.1 Å². The number of aromatic nitrogens is 1. The number of aliphatic imine (C=N–C) groups is 1. The van der Waals surface area contributed by atoms with Gasteiger partial charge in [-0.3, -0.25) is 0 Å². The number of H-pyrrole nitrogens is 1. The molecule has 6 rings (SSSR count). The van der Waals surface area contributed by atoms with E-state index in [1.54, 1.807) is 0 Å². The second-order valence-corrected chi connectivity index (χ2v) is 15.9. The third-order valence-electron chi connectivity index (χ3n) is 12.3. The number of nitrogens with zero attached hydrogens (tertiary/aromatic N) is 2. The molecule has 3 aliphatic rings. The molecule has 1 aliphatic heterocycles. The topological polar surface area (TPSA) is 218 Å². The molecule has 0 amide bonds. The van der Waals surface area contributed by atoms with Crippen LogP contribution < -0.4 is 16.8 Å². The Morgan fingerprint density at radius 1 is 1.00 bits per heavy atom. The van der Waals surface area contributed by atoms with Crippen LogP contribution in [0.5, 0.6) is 0 Å². The molecule has 1 fully saturated rings. The van der Waals surface area contributed by atoms with Crippen LogP contribution in [-0.2, 0) is 20.8 Å². The minimum absolute atomic E-state index is 0.00664. The van der Waals surface area contributed by atoms with E-state index in [0.717, 1.165) is 73.9 Å². The van der Waals surface area contributed by atoms with Gasteiger partial charge in [-0.25, -0.2) is 9.79 Å². The molecule has 2 heterocycles. The summed E-state index contributed by atoms with van der Waals surface area (Å²) < 4.78 is 0. The van der Waals surface area contributed by atoms with E-state index in [2.05, 4.69) is 39.6 Å². The first kappa shape index (κ1) is 40.2. The number of nitrogens with one attached hydrogen (secondary N) is 2. The predicted octanol–water partition coefficient (Wildman–Crippen LogP) is 5.49. The van der Waals surface area contributed by atoms with Crippen LogP contribution in [0.3, 0.4) is 0 Å². The van der Waals surface area contributed by atoms with E-state index in [4.69, 9.17) is 16.8 Å². The highest BCUT2D eigenvalue weighted by Gasteiger charge is 2.46. The average molecular weight is 754 g/mol. The zero-order chi connectivity index (χ0) is 38.9. The summed E-state index contributed by atoms with van der Waals surface area (Å²) >= 11 is 0. The molecule has 1 aromatic heterocycles. The molecule has 55 heavy (non-hydrogen) atoms. The summed E-state index contributed by atoms with van der Waals surface area (Å²) in [5.74, 6) is 0.319. The fourth-order valence-corrected chi connectivity index (χ4v) is 9.67. The second kappa shape index (κ2) is 18.9. The van der Waals surface area contributed by atoms with Crippen LogP contribution in [0, 0.1) is 17.8 Å². The first-order valence-corrected chi connectivity index (χ1v) is 20.0. The number of carbonyl (C=O) groups is 3. The monoisotopic (exact) mass is 753 g/mol. The molecule has 9 N–H and O–H groups in total. The van der Waals surface area contributed by atoms with Crippen LogP contribution in [0.4, 0.5) is 5.82 Å². The largest absolute Gasteiger partial charge is 0.478 e. The number of fused-ring (bicyclic) bond motifs is 5. The first-order valence-electron chi connectivity index (χ1n) is 20.0. The Bertz CT molecular complexity index is 1830. The summed E-state index contributed by atoms with van der Waals surface area (Å²) in [6, 6.07) is 13.2. The molecule has 12 heteroatoms. The number of carboxylic acids is 1. The van der Waals surface area contributed by atoms with Gasteiger partial charge in [-0.2, -0.15) is 0 Å². The number of aliphatic hydroxyl groups excluding tert-OH is 2. The molecule has 2 aliphatic carbocycles. The molecule has 3 aromatic rings. The highest BCUT2D eigenvalue weighted by Crippen LogP contribution is 2.57. The lowest BCUT2D eigenvalue weighted by atomic mass is 9.56. The number of aliphatic hydroxyl groups is 2. The number of hydrogen-bond acceptors (Lipinski definition) is 9. The van der Waals surface area contributed by atoms with E-state index in [1.165, 1.54) is 17.2 Å². The number of rotatable bonds is 20. The molecule has 0 saturated heterocycles. The van der Waals surface area contributed by atoms with Crippen molar-refractivity contribution in [3.05, 3.63) is 82.3 Å². The first-order chi connectivity index (χ1) is 26.7. The second-order valence-electron chi connectivity index (χ2n) is 15.9. The van der Waals surface area contributed by atoms with E-state index >= 15 is 0 Å². The number of guanidine groups is 1. The van der Waals surface area contributed by atoms with Crippen molar-refractivity contribution in [2.75, 3.05) is 13.2 Å². The van der Waals surface area contributed by atoms with Crippen LogP contribution in [0.15, 0.2) is 65.3 Å². The van der Waals surface area contributed by atoms with Crippen molar-refractivity contribution in [3.8, 4) is 0 Å². The normalized spacial score (nSPS) is 25.2. The quantitative estimate of drug-likeness (QED) is 0.0572. The third-order valence-corrected chi connectivity index (χ3v) is 12.3. The third kappa shape index (κ3) is 9.84. The Labute approximate surface area is 323 Å². The molecule has 12 nitrogen and oxygen atoms in total. The van der Waals surface area contributed by atoms with Gasteiger partial charge in [-0.05, 0) is 127 Å². The molecule has 2 bridgehead atoms. The van der Waals surface area contributed by atoms with Gasteiger partial charge >= 0.3 is 5.97 Å². The number of aldehydes is 2. The Morgan fingerprint density at radius 3 is 2.56 bits per heavy atom. The summed E-state index contributed by atoms with van der Waals surface area (Å²) in [5.41, 5.74) is 17.1. The van der Waals surface area contributed by atoms with E-state index in [9.17, 15) is 29.7 Å². The van der Waals surface area contributed by atoms with Gasteiger partial charge in [0, 0.05) is 31.1 Å². The smallest absolute Gasteiger partial charge is 0.328 e. The van der Waals surface area contributed by atoms with Crippen molar-refractivity contribution >= 4 is 41.1 Å². The number of aromatic amines is 1. The predicted molar refractivity (Wildman–Crippen MR) is 214 cm³/mol. The molecule has 0 spiro atoms. The van der Waals surface area contributed by atoms with E-state index in [-0.39, 0.29) is 54.9 Å². The number of hydrogen-bond donors (Lipinski definition) is 7. The van der Waals surface area contributed by atoms with Gasteiger partial charge in [0.1, 0.15) is 12.6 Å². The van der Waals surface area contributed by atoms with Crippen molar-refractivity contribution in [2.24, 2.45) is 34.2 Å². The van der Waals surface area contributed by atoms with E-state index in [0.29, 0.717) is 49.4 Å². The SMILES string of the molecule is NC1=NC(C(=CC(=O)O)C([N-]c2ccc[nH]2)C2CCC3CC2C(CCCC(N)CCC(C=O)CCCO)c2cc4cc(CC=O)ccc4cc23)CC(CO)N1. The highest BCUT2D eigenvalue weighted by atomic mass is 16.4.